The number of anilines is 1. The third-order valence-electron chi connectivity index (χ3n) is 4.80. The number of nitrogens with one attached hydrogen (secondary N) is 1. The standard InChI is InChI=1S/C20H18N4O5S/c1-13-3-2-4-16(9-13)23-20(17-11-30(28,29)12-18(17)22-23)21-19(25)10-14-5-7-15(8-6-14)24(26)27/h2-9H,10-12H2,1H3,(H,21,25). The van der Waals surface area contributed by atoms with Gasteiger partial charge in [0.1, 0.15) is 5.82 Å². The average Bonchev–Trinajstić information content (AvgIpc) is 3.15. The quantitative estimate of drug-likeness (QED) is 0.494. The van der Waals surface area contributed by atoms with Crippen LogP contribution in [-0.4, -0.2) is 29.0 Å². The van der Waals surface area contributed by atoms with Crippen LogP contribution in [-0.2, 0) is 32.6 Å². The molecule has 1 aliphatic heterocycles. The number of nitro benzene ring substituents is 1. The minimum atomic E-state index is -3.29. The lowest BCUT2D eigenvalue weighted by Crippen LogP contribution is -2.18. The largest absolute Gasteiger partial charge is 0.310 e. The van der Waals surface area contributed by atoms with E-state index < -0.39 is 14.8 Å². The predicted molar refractivity (Wildman–Crippen MR) is 110 cm³/mol. The number of fused-ring (bicyclic) bond motifs is 1. The summed E-state index contributed by atoms with van der Waals surface area (Å²) in [5.74, 6) is -0.374. The highest BCUT2D eigenvalue weighted by Gasteiger charge is 2.33. The van der Waals surface area contributed by atoms with Crippen molar-refractivity contribution < 1.29 is 18.1 Å². The molecule has 0 aliphatic carbocycles. The van der Waals surface area contributed by atoms with Crippen LogP contribution < -0.4 is 5.32 Å². The number of hydrogen-bond donors (Lipinski definition) is 1. The van der Waals surface area contributed by atoms with Crippen LogP contribution in [0.25, 0.3) is 5.69 Å². The van der Waals surface area contributed by atoms with Crippen LogP contribution in [0.4, 0.5) is 11.5 Å². The molecule has 9 nitrogen and oxygen atoms in total. The van der Waals surface area contributed by atoms with E-state index in [0.29, 0.717) is 28.3 Å². The van der Waals surface area contributed by atoms with Crippen LogP contribution in [0.1, 0.15) is 22.4 Å². The zero-order valence-corrected chi connectivity index (χ0v) is 16.8. The zero-order chi connectivity index (χ0) is 21.5. The molecule has 30 heavy (non-hydrogen) atoms. The first kappa shape index (κ1) is 19.8. The Morgan fingerprint density at radius 1 is 1.20 bits per heavy atom. The van der Waals surface area contributed by atoms with Crippen molar-refractivity contribution in [1.29, 1.82) is 0 Å². The molecule has 0 bridgehead atoms. The fraction of sp³-hybridized carbons (Fsp3) is 0.200. The molecule has 1 aromatic heterocycles. The number of carbonyl (C=O) groups is 1. The van der Waals surface area contributed by atoms with Crippen molar-refractivity contribution >= 4 is 27.2 Å². The highest BCUT2D eigenvalue weighted by Crippen LogP contribution is 2.33. The summed E-state index contributed by atoms with van der Waals surface area (Å²) < 4.78 is 25.7. The minimum absolute atomic E-state index is 0.0154. The molecule has 0 spiro atoms. The highest BCUT2D eigenvalue weighted by molar-refractivity contribution is 7.90. The average molecular weight is 426 g/mol. The fourth-order valence-electron chi connectivity index (χ4n) is 3.41. The van der Waals surface area contributed by atoms with Gasteiger partial charge < -0.3 is 5.32 Å². The maximum Gasteiger partial charge on any atom is 0.269 e. The Kier molecular flexibility index (Phi) is 4.86. The van der Waals surface area contributed by atoms with Crippen molar-refractivity contribution in [2.45, 2.75) is 24.9 Å². The number of nitro groups is 1. The second kappa shape index (κ2) is 7.38. The summed E-state index contributed by atoms with van der Waals surface area (Å²) in [5.41, 5.74) is 3.19. The number of aryl methyl sites for hydroxylation is 1. The predicted octanol–water partition coefficient (Wildman–Crippen LogP) is 2.70. The van der Waals surface area contributed by atoms with Crippen molar-refractivity contribution in [3.8, 4) is 5.69 Å². The first-order valence-electron chi connectivity index (χ1n) is 9.13. The molecular formula is C20H18N4O5S. The number of carbonyl (C=O) groups excluding carboxylic acids is 1. The van der Waals surface area contributed by atoms with Gasteiger partial charge in [-0.25, -0.2) is 13.1 Å². The summed E-state index contributed by atoms with van der Waals surface area (Å²) in [6.45, 7) is 1.93. The van der Waals surface area contributed by atoms with Crippen molar-refractivity contribution in [3.05, 3.63) is 81.0 Å². The number of non-ortho nitro benzene ring substituents is 1. The van der Waals surface area contributed by atoms with Gasteiger partial charge in [-0.1, -0.05) is 24.3 Å². The molecule has 0 radical (unpaired) electrons. The van der Waals surface area contributed by atoms with Gasteiger partial charge >= 0.3 is 0 Å². The zero-order valence-electron chi connectivity index (χ0n) is 16.0. The van der Waals surface area contributed by atoms with Crippen LogP contribution >= 0.6 is 0 Å². The lowest BCUT2D eigenvalue weighted by Gasteiger charge is -2.12. The highest BCUT2D eigenvalue weighted by atomic mass is 32.2. The first-order chi connectivity index (χ1) is 14.2. The van der Waals surface area contributed by atoms with Crippen LogP contribution in [0.5, 0.6) is 0 Å². The smallest absolute Gasteiger partial charge is 0.269 e. The number of aromatic nitrogens is 2. The summed E-state index contributed by atoms with van der Waals surface area (Å²) in [6, 6.07) is 13.2. The lowest BCUT2D eigenvalue weighted by atomic mass is 10.1. The van der Waals surface area contributed by atoms with Crippen LogP contribution in [0.2, 0.25) is 0 Å². The second-order valence-electron chi connectivity index (χ2n) is 7.21. The lowest BCUT2D eigenvalue weighted by molar-refractivity contribution is -0.384. The van der Waals surface area contributed by atoms with Gasteiger partial charge in [-0.3, -0.25) is 14.9 Å². The molecule has 154 valence electrons. The van der Waals surface area contributed by atoms with Crippen molar-refractivity contribution in [1.82, 2.24) is 9.78 Å². The van der Waals surface area contributed by atoms with E-state index in [1.54, 1.807) is 4.68 Å². The molecule has 2 aromatic carbocycles. The molecule has 1 aliphatic rings. The van der Waals surface area contributed by atoms with Gasteiger partial charge in [0.25, 0.3) is 5.69 Å². The summed E-state index contributed by atoms with van der Waals surface area (Å²) in [7, 11) is -3.29. The Morgan fingerprint density at radius 2 is 1.93 bits per heavy atom. The monoisotopic (exact) mass is 426 g/mol. The van der Waals surface area contributed by atoms with Crippen LogP contribution in [0.15, 0.2) is 48.5 Å². The van der Waals surface area contributed by atoms with E-state index in [1.807, 2.05) is 31.2 Å². The Bertz CT molecular complexity index is 1260. The molecule has 1 N–H and O–H groups in total. The van der Waals surface area contributed by atoms with E-state index in [0.717, 1.165) is 5.56 Å². The Morgan fingerprint density at radius 3 is 2.60 bits per heavy atom. The maximum atomic E-state index is 12.7. The molecular weight excluding hydrogens is 408 g/mol. The topological polar surface area (TPSA) is 124 Å². The van der Waals surface area contributed by atoms with Crippen LogP contribution in [0.3, 0.4) is 0 Å². The third-order valence-corrected chi connectivity index (χ3v) is 6.25. The Balaban J connectivity index is 1.64. The van der Waals surface area contributed by atoms with Gasteiger partial charge in [0.2, 0.25) is 5.91 Å². The van der Waals surface area contributed by atoms with Crippen molar-refractivity contribution in [2.75, 3.05) is 5.32 Å². The van der Waals surface area contributed by atoms with Gasteiger partial charge in [-0.15, -0.1) is 0 Å². The number of hydrogen-bond acceptors (Lipinski definition) is 6. The SMILES string of the molecule is Cc1cccc(-n2nc3c(c2NC(=O)Cc2ccc([N+](=O)[O-])cc2)CS(=O)(=O)C3)c1. The molecule has 3 aromatic rings. The van der Waals surface area contributed by atoms with E-state index in [2.05, 4.69) is 10.4 Å². The van der Waals surface area contributed by atoms with Gasteiger partial charge in [0, 0.05) is 17.7 Å². The maximum absolute atomic E-state index is 12.7. The number of sulfone groups is 1. The second-order valence-corrected chi connectivity index (χ2v) is 9.27. The van der Waals surface area contributed by atoms with E-state index in [-0.39, 0.29) is 29.5 Å². The van der Waals surface area contributed by atoms with Gasteiger partial charge in [0.15, 0.2) is 9.84 Å². The minimum Gasteiger partial charge on any atom is -0.310 e. The number of rotatable bonds is 5. The number of amides is 1. The number of benzene rings is 2. The van der Waals surface area contributed by atoms with Crippen molar-refractivity contribution in [3.63, 3.8) is 0 Å². The van der Waals surface area contributed by atoms with E-state index in [9.17, 15) is 23.3 Å². The van der Waals surface area contributed by atoms with E-state index >= 15 is 0 Å². The van der Waals surface area contributed by atoms with Gasteiger partial charge in [0.05, 0.1) is 34.2 Å². The molecule has 0 atom stereocenters. The number of nitrogens with zero attached hydrogens (tertiary/aromatic N) is 3. The van der Waals surface area contributed by atoms with Gasteiger partial charge in [-0.05, 0) is 30.2 Å². The molecule has 0 unspecified atom stereocenters. The molecule has 4 rings (SSSR count). The van der Waals surface area contributed by atoms with Crippen LogP contribution in [0, 0.1) is 17.0 Å². The van der Waals surface area contributed by atoms with E-state index in [1.165, 1.54) is 24.3 Å². The normalized spacial score (nSPS) is 14.3. The first-order valence-corrected chi connectivity index (χ1v) is 11.0. The van der Waals surface area contributed by atoms with E-state index in [4.69, 9.17) is 0 Å². The molecule has 0 saturated carbocycles. The molecule has 0 saturated heterocycles. The Labute approximate surface area is 172 Å². The summed E-state index contributed by atoms with van der Waals surface area (Å²) in [5, 5.41) is 18.0. The molecule has 0 fully saturated rings. The molecule has 1 amide bonds. The molecule has 2 heterocycles. The summed E-state index contributed by atoms with van der Waals surface area (Å²) in [6.07, 6.45) is -0.0154. The fourth-order valence-corrected chi connectivity index (χ4v) is 4.91. The van der Waals surface area contributed by atoms with Gasteiger partial charge in [-0.2, -0.15) is 5.10 Å². The third kappa shape index (κ3) is 3.94. The molecule has 10 heteroatoms. The van der Waals surface area contributed by atoms with Crippen molar-refractivity contribution in [2.24, 2.45) is 0 Å². The Hall–Kier alpha value is -3.53. The summed E-state index contributed by atoms with van der Waals surface area (Å²) in [4.78, 5) is 22.9. The summed E-state index contributed by atoms with van der Waals surface area (Å²) >= 11 is 0.